The van der Waals surface area contributed by atoms with E-state index in [0.29, 0.717) is 17.5 Å². The van der Waals surface area contributed by atoms with Crippen molar-refractivity contribution in [2.75, 3.05) is 19.7 Å². The lowest BCUT2D eigenvalue weighted by atomic mass is 9.99. The van der Waals surface area contributed by atoms with Crippen LogP contribution in [0.15, 0.2) is 18.2 Å². The number of ether oxygens (including phenoxy) is 2. The highest BCUT2D eigenvalue weighted by Crippen LogP contribution is 2.28. The van der Waals surface area contributed by atoms with Gasteiger partial charge in [0.05, 0.1) is 13.0 Å². The number of nitrogens with one attached hydrogen (secondary N) is 2. The average molecular weight is 607 g/mol. The van der Waals surface area contributed by atoms with Gasteiger partial charge in [0, 0.05) is 19.5 Å². The van der Waals surface area contributed by atoms with Crippen LogP contribution < -0.4 is 16.4 Å². The highest BCUT2D eigenvalue weighted by molar-refractivity contribution is 5.92. The van der Waals surface area contributed by atoms with Crippen LogP contribution >= 0.6 is 0 Å². The van der Waals surface area contributed by atoms with E-state index in [1.54, 1.807) is 46.8 Å². The molecule has 0 aromatic heterocycles. The van der Waals surface area contributed by atoms with Gasteiger partial charge in [-0.1, -0.05) is 38.7 Å². The Hall–Kier alpha value is -3.83. The Morgan fingerprint density at radius 3 is 2.28 bits per heavy atom. The lowest BCUT2D eigenvalue weighted by Gasteiger charge is -2.34. The summed E-state index contributed by atoms with van der Waals surface area (Å²) in [6.07, 6.45) is 3.15. The third kappa shape index (κ3) is 14.3. The molecule has 1 rings (SSSR count). The number of nitrogens with two attached hydrogens (primary N) is 1. The molecule has 5 N–H and O–H groups in total. The number of aromatic hydroxyl groups is 1. The molecule has 0 radical (unpaired) electrons. The second-order valence-electron chi connectivity index (χ2n) is 11.4. The van der Waals surface area contributed by atoms with Gasteiger partial charge in [0.25, 0.3) is 0 Å². The maximum Gasteiger partial charge on any atom is 0.408 e. The van der Waals surface area contributed by atoms with Crippen LogP contribution in [-0.4, -0.2) is 71.1 Å². The molecule has 0 bridgehead atoms. The molecular weight excluding hydrogens is 556 g/mol. The number of phenolic OH excluding ortho intramolecular Hbond substituents is 1. The Bertz CT molecular complexity index is 1090. The van der Waals surface area contributed by atoms with Gasteiger partial charge in [0.15, 0.2) is 0 Å². The number of alkyl carbamates (subject to hydrolysis) is 1. The van der Waals surface area contributed by atoms with Crippen LogP contribution in [-0.2, 0) is 28.7 Å². The van der Waals surface area contributed by atoms with Crippen LogP contribution in [0.5, 0.6) is 5.75 Å². The van der Waals surface area contributed by atoms with Gasteiger partial charge in [-0.3, -0.25) is 19.2 Å². The number of nitrogens with zero attached hydrogens (tertiary/aromatic N) is 1. The molecule has 4 amide bonds. The molecule has 43 heavy (non-hydrogen) atoms. The van der Waals surface area contributed by atoms with E-state index < -0.39 is 47.5 Å². The molecule has 0 aliphatic heterocycles. The number of hydrogen-bond donors (Lipinski definition) is 4. The first kappa shape index (κ1) is 37.2. The number of benzene rings is 1. The van der Waals surface area contributed by atoms with E-state index in [1.165, 1.54) is 11.0 Å². The van der Waals surface area contributed by atoms with Gasteiger partial charge < -0.3 is 35.8 Å². The minimum Gasteiger partial charge on any atom is -0.508 e. The molecular formula is C31H50N4O8. The van der Waals surface area contributed by atoms with Gasteiger partial charge in [0.2, 0.25) is 17.7 Å². The molecule has 1 aromatic carbocycles. The van der Waals surface area contributed by atoms with E-state index >= 15 is 0 Å². The van der Waals surface area contributed by atoms with Crippen molar-refractivity contribution in [1.82, 2.24) is 15.5 Å². The largest absolute Gasteiger partial charge is 0.508 e. The van der Waals surface area contributed by atoms with Crippen molar-refractivity contribution in [2.45, 2.75) is 111 Å². The summed E-state index contributed by atoms with van der Waals surface area (Å²) in [6, 6.07) is 2.22. The van der Waals surface area contributed by atoms with E-state index in [2.05, 4.69) is 17.6 Å². The smallest absolute Gasteiger partial charge is 0.408 e. The van der Waals surface area contributed by atoms with E-state index in [-0.39, 0.29) is 44.7 Å². The van der Waals surface area contributed by atoms with Crippen LogP contribution in [0.2, 0.25) is 0 Å². The third-order valence-electron chi connectivity index (χ3n) is 6.48. The number of amides is 4. The monoisotopic (exact) mass is 606 g/mol. The van der Waals surface area contributed by atoms with Crippen LogP contribution in [0, 0.1) is 6.92 Å². The topological polar surface area (TPSA) is 177 Å². The molecule has 0 heterocycles. The van der Waals surface area contributed by atoms with E-state index in [1.807, 2.05) is 0 Å². The molecule has 0 saturated heterocycles. The SMILES string of the molecule is CCCCCCCN(C(=O)C(CCC(N)=O)NC(=O)OC(C)(C)C)C(C(=O)NCCC(=O)OCC)c1ccc(O)c(C)c1. The Morgan fingerprint density at radius 2 is 1.70 bits per heavy atom. The fourth-order valence-electron chi connectivity index (χ4n) is 4.39. The second kappa shape index (κ2) is 18.7. The Balaban J connectivity index is 3.52. The van der Waals surface area contributed by atoms with E-state index in [0.717, 1.165) is 25.7 Å². The Kier molecular flexibility index (Phi) is 16.1. The lowest BCUT2D eigenvalue weighted by Crippen LogP contribution is -2.53. The zero-order valence-electron chi connectivity index (χ0n) is 26.5. The molecule has 0 saturated carbocycles. The van der Waals surface area contributed by atoms with Crippen molar-refractivity contribution >= 4 is 29.8 Å². The fourth-order valence-corrected chi connectivity index (χ4v) is 4.39. The highest BCUT2D eigenvalue weighted by Gasteiger charge is 2.36. The lowest BCUT2D eigenvalue weighted by molar-refractivity contribution is -0.144. The first-order chi connectivity index (χ1) is 20.2. The van der Waals surface area contributed by atoms with Crippen LogP contribution in [0.4, 0.5) is 4.79 Å². The molecule has 0 spiro atoms. The van der Waals surface area contributed by atoms with Gasteiger partial charge in [-0.25, -0.2) is 4.79 Å². The summed E-state index contributed by atoms with van der Waals surface area (Å²) in [6.45, 7) is 10.8. The van der Waals surface area contributed by atoms with Gasteiger partial charge in [-0.2, -0.15) is 0 Å². The Labute approximate surface area is 255 Å². The maximum atomic E-state index is 14.2. The summed E-state index contributed by atoms with van der Waals surface area (Å²) in [5.41, 5.74) is 5.45. The normalized spacial score (nSPS) is 12.5. The number of unbranched alkanes of at least 4 members (excludes halogenated alkanes) is 4. The molecule has 242 valence electrons. The second-order valence-corrected chi connectivity index (χ2v) is 11.4. The van der Waals surface area contributed by atoms with Gasteiger partial charge in [-0.15, -0.1) is 0 Å². The summed E-state index contributed by atoms with van der Waals surface area (Å²) < 4.78 is 10.3. The maximum absolute atomic E-state index is 14.2. The number of carbonyl (C=O) groups is 5. The quantitative estimate of drug-likeness (QED) is 0.144. The number of carbonyl (C=O) groups excluding carboxylic acids is 5. The van der Waals surface area contributed by atoms with E-state index in [9.17, 15) is 29.1 Å². The summed E-state index contributed by atoms with van der Waals surface area (Å²) in [5.74, 6) is -2.26. The molecule has 12 nitrogen and oxygen atoms in total. The van der Waals surface area contributed by atoms with Crippen molar-refractivity contribution in [1.29, 1.82) is 0 Å². The van der Waals surface area contributed by atoms with E-state index in [4.69, 9.17) is 15.2 Å². The Morgan fingerprint density at radius 1 is 1.02 bits per heavy atom. The number of rotatable bonds is 18. The number of primary amides is 1. The van der Waals surface area contributed by atoms with Crippen LogP contribution in [0.3, 0.4) is 0 Å². The fraction of sp³-hybridized carbons (Fsp3) is 0.645. The van der Waals surface area contributed by atoms with Gasteiger partial charge in [-0.05, 0) is 70.7 Å². The summed E-state index contributed by atoms with van der Waals surface area (Å²) in [4.78, 5) is 65.6. The zero-order chi connectivity index (χ0) is 32.6. The third-order valence-corrected chi connectivity index (χ3v) is 6.48. The summed E-state index contributed by atoms with van der Waals surface area (Å²) in [7, 11) is 0. The minimum atomic E-state index is -1.22. The average Bonchev–Trinajstić information content (AvgIpc) is 2.90. The van der Waals surface area contributed by atoms with Gasteiger partial charge >= 0.3 is 12.1 Å². The highest BCUT2D eigenvalue weighted by atomic mass is 16.6. The predicted molar refractivity (Wildman–Crippen MR) is 162 cm³/mol. The molecule has 0 aliphatic rings. The molecule has 1 aromatic rings. The van der Waals surface area contributed by atoms with Crippen LogP contribution in [0.25, 0.3) is 0 Å². The molecule has 2 atom stereocenters. The number of hydrogen-bond acceptors (Lipinski definition) is 8. The summed E-state index contributed by atoms with van der Waals surface area (Å²) >= 11 is 0. The van der Waals surface area contributed by atoms with Crippen molar-refractivity contribution < 1.29 is 38.6 Å². The molecule has 0 fully saturated rings. The summed E-state index contributed by atoms with van der Waals surface area (Å²) in [5, 5.41) is 15.4. The molecule has 12 heteroatoms. The van der Waals surface area contributed by atoms with Crippen molar-refractivity contribution in [3.63, 3.8) is 0 Å². The molecule has 0 aliphatic carbocycles. The number of esters is 1. The molecule has 2 unspecified atom stereocenters. The first-order valence-corrected chi connectivity index (χ1v) is 15.0. The predicted octanol–water partition coefficient (Wildman–Crippen LogP) is 3.77. The number of phenols is 1. The van der Waals surface area contributed by atoms with Crippen LogP contribution in [0.1, 0.15) is 103 Å². The van der Waals surface area contributed by atoms with Crippen molar-refractivity contribution in [3.8, 4) is 5.75 Å². The van der Waals surface area contributed by atoms with Gasteiger partial charge in [0.1, 0.15) is 23.4 Å². The minimum absolute atomic E-state index is 0.0218. The first-order valence-electron chi connectivity index (χ1n) is 15.0. The number of aryl methyl sites for hydroxylation is 1. The zero-order valence-corrected chi connectivity index (χ0v) is 26.5. The van der Waals surface area contributed by atoms with Crippen molar-refractivity contribution in [2.24, 2.45) is 5.73 Å². The van der Waals surface area contributed by atoms with Crippen molar-refractivity contribution in [3.05, 3.63) is 29.3 Å². The standard InChI is InChI=1S/C31H50N4O8/c1-7-9-10-11-12-19-35(29(40)23(14-16-25(32)37)34-30(41)43-31(4,5)6)27(22-13-15-24(36)21(3)20-22)28(39)33-18-17-26(38)42-8-2/h13,15,20,23,27,36H,7-12,14,16-19H2,1-6H3,(H2,32,37)(H,33,39)(H,34,41).